The minimum Gasteiger partial charge on any atom is -0.373 e. The van der Waals surface area contributed by atoms with Gasteiger partial charge in [-0.05, 0) is 18.2 Å². The summed E-state index contributed by atoms with van der Waals surface area (Å²) >= 11 is 0. The monoisotopic (exact) mass is 274 g/mol. The van der Waals surface area contributed by atoms with Crippen molar-refractivity contribution < 1.29 is 12.8 Å². The second-order valence-corrected chi connectivity index (χ2v) is 6.54. The van der Waals surface area contributed by atoms with E-state index in [0.717, 1.165) is 5.69 Å². The van der Waals surface area contributed by atoms with Crippen molar-refractivity contribution >= 4 is 15.5 Å². The normalized spacial score (nSPS) is 11.5. The maximum absolute atomic E-state index is 13.0. The molecule has 4 nitrogen and oxygen atoms in total. The van der Waals surface area contributed by atoms with Crippen molar-refractivity contribution in [3.63, 3.8) is 0 Å². The average Bonchev–Trinajstić information content (AvgIpc) is 2.26. The quantitative estimate of drug-likeness (QED) is 0.750. The number of halogens is 1. The van der Waals surface area contributed by atoms with Gasteiger partial charge in [-0.25, -0.2) is 12.8 Å². The number of anilines is 1. The summed E-state index contributed by atoms with van der Waals surface area (Å²) in [5.74, 6) is -0.124. The van der Waals surface area contributed by atoms with Crippen molar-refractivity contribution in [3.05, 3.63) is 30.1 Å². The lowest BCUT2D eigenvalue weighted by atomic mass is 10.3. The van der Waals surface area contributed by atoms with E-state index in [1.165, 1.54) is 18.4 Å². The molecule has 0 saturated carbocycles. The number of rotatable bonds is 7. The summed E-state index contributed by atoms with van der Waals surface area (Å²) in [5, 5.41) is 3.04. The van der Waals surface area contributed by atoms with E-state index in [1.807, 2.05) is 18.0 Å². The number of sulfone groups is 1. The fourth-order valence-electron chi connectivity index (χ4n) is 1.47. The lowest BCUT2D eigenvalue weighted by Gasteiger charge is -2.19. The van der Waals surface area contributed by atoms with Gasteiger partial charge in [-0.15, -0.1) is 0 Å². The second-order valence-electron chi connectivity index (χ2n) is 4.28. The highest BCUT2D eigenvalue weighted by molar-refractivity contribution is 7.90. The molecule has 1 aromatic carbocycles. The molecule has 0 atom stereocenters. The molecule has 0 fully saturated rings. The van der Waals surface area contributed by atoms with Gasteiger partial charge in [0.1, 0.15) is 15.7 Å². The first kappa shape index (κ1) is 14.9. The maximum Gasteiger partial charge on any atom is 0.148 e. The zero-order valence-electron chi connectivity index (χ0n) is 10.7. The van der Waals surface area contributed by atoms with Crippen molar-refractivity contribution in [3.8, 4) is 0 Å². The lowest BCUT2D eigenvalue weighted by Crippen LogP contribution is -2.31. The van der Waals surface area contributed by atoms with E-state index >= 15 is 0 Å². The number of likely N-dealkylation sites (N-methyl/N-ethyl adjacent to an activating group) is 1. The fourth-order valence-corrected chi connectivity index (χ4v) is 1.99. The van der Waals surface area contributed by atoms with Gasteiger partial charge in [0.2, 0.25) is 0 Å². The van der Waals surface area contributed by atoms with Crippen LogP contribution < -0.4 is 10.2 Å². The van der Waals surface area contributed by atoms with Gasteiger partial charge >= 0.3 is 0 Å². The van der Waals surface area contributed by atoms with Crippen LogP contribution in [0.3, 0.4) is 0 Å². The predicted octanol–water partition coefficient (Wildman–Crippen LogP) is 0.896. The van der Waals surface area contributed by atoms with E-state index in [4.69, 9.17) is 0 Å². The van der Waals surface area contributed by atoms with Gasteiger partial charge in [0, 0.05) is 38.6 Å². The number of nitrogens with zero attached hydrogens (tertiary/aromatic N) is 1. The molecule has 0 radical (unpaired) electrons. The molecule has 0 amide bonds. The number of nitrogens with one attached hydrogen (secondary N) is 1. The van der Waals surface area contributed by atoms with Crippen LogP contribution in [-0.4, -0.2) is 47.1 Å². The summed E-state index contributed by atoms with van der Waals surface area (Å²) in [6.07, 6.45) is 1.22. The third kappa shape index (κ3) is 5.97. The van der Waals surface area contributed by atoms with Gasteiger partial charge in [-0.1, -0.05) is 6.07 Å². The van der Waals surface area contributed by atoms with Crippen molar-refractivity contribution in [2.75, 3.05) is 43.6 Å². The van der Waals surface area contributed by atoms with Gasteiger partial charge in [0.05, 0.1) is 5.75 Å². The first-order chi connectivity index (χ1) is 8.38. The van der Waals surface area contributed by atoms with E-state index in [0.29, 0.717) is 19.6 Å². The zero-order chi connectivity index (χ0) is 13.6. The molecule has 18 heavy (non-hydrogen) atoms. The Kier molecular flexibility index (Phi) is 5.55. The van der Waals surface area contributed by atoms with Crippen LogP contribution in [-0.2, 0) is 9.84 Å². The largest absolute Gasteiger partial charge is 0.373 e. The first-order valence-corrected chi connectivity index (χ1v) is 7.80. The Bertz CT molecular complexity index is 477. The van der Waals surface area contributed by atoms with Gasteiger partial charge < -0.3 is 10.2 Å². The Morgan fingerprint density at radius 2 is 2.06 bits per heavy atom. The number of hydrogen-bond donors (Lipinski definition) is 1. The molecular formula is C12H19FN2O2S. The summed E-state index contributed by atoms with van der Waals surface area (Å²) in [7, 11) is -1.04. The molecule has 0 aliphatic carbocycles. The van der Waals surface area contributed by atoms with E-state index < -0.39 is 9.84 Å². The van der Waals surface area contributed by atoms with Crippen molar-refractivity contribution in [2.24, 2.45) is 0 Å². The molecule has 0 aliphatic heterocycles. The molecule has 0 bridgehead atoms. The van der Waals surface area contributed by atoms with Crippen molar-refractivity contribution in [1.82, 2.24) is 5.32 Å². The highest BCUT2D eigenvalue weighted by atomic mass is 32.2. The van der Waals surface area contributed by atoms with Crippen LogP contribution in [0.2, 0.25) is 0 Å². The van der Waals surface area contributed by atoms with Crippen LogP contribution in [0, 0.1) is 5.82 Å². The molecule has 1 N–H and O–H groups in total. The highest BCUT2D eigenvalue weighted by Gasteiger charge is 2.03. The molecular weight excluding hydrogens is 255 g/mol. The second kappa shape index (κ2) is 6.70. The molecule has 0 saturated heterocycles. The van der Waals surface area contributed by atoms with Gasteiger partial charge in [0.25, 0.3) is 0 Å². The van der Waals surface area contributed by atoms with Crippen LogP contribution in [0.4, 0.5) is 10.1 Å². The maximum atomic E-state index is 13.0. The van der Waals surface area contributed by atoms with Crippen LogP contribution in [0.1, 0.15) is 0 Å². The summed E-state index contributed by atoms with van der Waals surface area (Å²) < 4.78 is 34.8. The van der Waals surface area contributed by atoms with Gasteiger partial charge in [-0.2, -0.15) is 0 Å². The summed E-state index contributed by atoms with van der Waals surface area (Å²) in [4.78, 5) is 1.91. The minimum atomic E-state index is -2.91. The molecule has 0 spiro atoms. The van der Waals surface area contributed by atoms with Gasteiger partial charge in [-0.3, -0.25) is 0 Å². The highest BCUT2D eigenvalue weighted by Crippen LogP contribution is 2.12. The minimum absolute atomic E-state index is 0.136. The van der Waals surface area contributed by atoms with Crippen LogP contribution in [0.15, 0.2) is 24.3 Å². The van der Waals surface area contributed by atoms with Crippen molar-refractivity contribution in [2.45, 2.75) is 0 Å². The Labute approximate surface area is 108 Å². The molecule has 0 heterocycles. The lowest BCUT2D eigenvalue weighted by molar-refractivity contribution is 0.596. The van der Waals surface area contributed by atoms with Crippen LogP contribution in [0.5, 0.6) is 0 Å². The third-order valence-electron chi connectivity index (χ3n) is 2.52. The molecule has 1 aromatic rings. The van der Waals surface area contributed by atoms with Crippen molar-refractivity contribution in [1.29, 1.82) is 0 Å². The molecule has 0 aromatic heterocycles. The van der Waals surface area contributed by atoms with Gasteiger partial charge in [0.15, 0.2) is 0 Å². The molecule has 0 unspecified atom stereocenters. The summed E-state index contributed by atoms with van der Waals surface area (Å²) in [6.45, 7) is 1.78. The van der Waals surface area contributed by atoms with E-state index in [1.54, 1.807) is 6.07 Å². The fraction of sp³-hybridized carbons (Fsp3) is 0.500. The predicted molar refractivity (Wildman–Crippen MR) is 72.3 cm³/mol. The van der Waals surface area contributed by atoms with E-state index in [-0.39, 0.29) is 11.6 Å². The Hall–Kier alpha value is -1.14. The molecule has 0 aliphatic rings. The smallest absolute Gasteiger partial charge is 0.148 e. The standard InChI is InChI=1S/C12H19FN2O2S/c1-15(12-5-3-4-11(13)10-12)8-6-14-7-9-18(2,16)17/h3-5,10,14H,6-9H2,1-2H3. The van der Waals surface area contributed by atoms with Crippen LogP contribution >= 0.6 is 0 Å². The summed E-state index contributed by atoms with van der Waals surface area (Å²) in [5.41, 5.74) is 0.805. The van der Waals surface area contributed by atoms with Crippen LogP contribution in [0.25, 0.3) is 0 Å². The topological polar surface area (TPSA) is 49.4 Å². The molecule has 6 heteroatoms. The summed E-state index contributed by atoms with van der Waals surface area (Å²) in [6, 6.07) is 6.37. The van der Waals surface area contributed by atoms with E-state index in [9.17, 15) is 12.8 Å². The SMILES string of the molecule is CN(CCNCCS(C)(=O)=O)c1cccc(F)c1. The third-order valence-corrected chi connectivity index (χ3v) is 3.47. The van der Waals surface area contributed by atoms with E-state index in [2.05, 4.69) is 5.32 Å². The Morgan fingerprint density at radius 3 is 2.67 bits per heavy atom. The Balaban J connectivity index is 2.27. The molecule has 102 valence electrons. The average molecular weight is 274 g/mol. The first-order valence-electron chi connectivity index (χ1n) is 5.73. The number of benzene rings is 1. The Morgan fingerprint density at radius 1 is 1.33 bits per heavy atom. The molecule has 1 rings (SSSR count). The number of hydrogen-bond acceptors (Lipinski definition) is 4. The zero-order valence-corrected chi connectivity index (χ0v) is 11.5.